The molecule has 0 radical (unpaired) electrons. The first kappa shape index (κ1) is 14.0. The van der Waals surface area contributed by atoms with E-state index in [2.05, 4.69) is 15.3 Å². The Morgan fingerprint density at radius 1 is 1.09 bits per heavy atom. The Kier molecular flexibility index (Phi) is 3.96. The third-order valence-electron chi connectivity index (χ3n) is 3.32. The molecule has 110 valence electrons. The van der Waals surface area contributed by atoms with Gasteiger partial charge in [0.2, 0.25) is 5.76 Å². The van der Waals surface area contributed by atoms with E-state index in [0.29, 0.717) is 5.69 Å². The maximum absolute atomic E-state index is 12.0. The number of aryl methyl sites for hydroxylation is 1. The first-order chi connectivity index (χ1) is 10.7. The van der Waals surface area contributed by atoms with E-state index in [0.717, 1.165) is 12.1 Å². The minimum Gasteiger partial charge on any atom is -0.438 e. The van der Waals surface area contributed by atoms with Crippen molar-refractivity contribution in [2.24, 2.45) is 0 Å². The van der Waals surface area contributed by atoms with E-state index < -0.39 is 0 Å². The summed E-state index contributed by atoms with van der Waals surface area (Å²) in [5.74, 6) is -0.0576. The maximum atomic E-state index is 12.0. The Hall–Kier alpha value is -2.95. The Bertz CT molecular complexity index is 764. The lowest BCUT2D eigenvalue weighted by Gasteiger charge is -2.06. The van der Waals surface area contributed by atoms with Gasteiger partial charge in [0.25, 0.3) is 5.91 Å². The van der Waals surface area contributed by atoms with Crippen molar-refractivity contribution in [3.05, 3.63) is 77.8 Å². The molecule has 0 unspecified atom stereocenters. The predicted molar refractivity (Wildman–Crippen MR) is 82.7 cm³/mol. The summed E-state index contributed by atoms with van der Waals surface area (Å²) in [6.07, 6.45) is 5.66. The Morgan fingerprint density at radius 2 is 1.77 bits per heavy atom. The molecule has 22 heavy (non-hydrogen) atoms. The molecule has 1 aromatic carbocycles. The van der Waals surface area contributed by atoms with Crippen molar-refractivity contribution in [3.8, 4) is 0 Å². The number of hydrogen-bond acceptors (Lipinski definition) is 4. The first-order valence-electron chi connectivity index (χ1n) is 6.91. The largest absolute Gasteiger partial charge is 0.438 e. The van der Waals surface area contributed by atoms with Crippen LogP contribution in [0.5, 0.6) is 0 Å². The maximum Gasteiger partial charge on any atom is 0.293 e. The zero-order valence-corrected chi connectivity index (χ0v) is 12.1. The predicted octanol–water partition coefficient (Wildman–Crippen LogP) is 3.22. The van der Waals surface area contributed by atoms with Crippen LogP contribution in [0.15, 0.2) is 59.6 Å². The molecule has 0 atom stereocenters. The third kappa shape index (κ3) is 3.20. The summed E-state index contributed by atoms with van der Waals surface area (Å²) in [6.45, 7) is 1.73. The molecule has 0 fully saturated rings. The van der Waals surface area contributed by atoms with E-state index in [4.69, 9.17) is 4.42 Å². The Morgan fingerprint density at radius 3 is 2.41 bits per heavy atom. The number of pyridine rings is 1. The average molecular weight is 293 g/mol. The van der Waals surface area contributed by atoms with Gasteiger partial charge in [0, 0.05) is 18.1 Å². The van der Waals surface area contributed by atoms with Crippen molar-refractivity contribution < 1.29 is 9.21 Å². The number of oxazole rings is 1. The van der Waals surface area contributed by atoms with Crippen molar-refractivity contribution >= 4 is 11.6 Å². The van der Waals surface area contributed by atoms with Gasteiger partial charge in [-0.05, 0) is 48.7 Å². The van der Waals surface area contributed by atoms with Crippen molar-refractivity contribution in [2.45, 2.75) is 13.3 Å². The standard InChI is InChI=1S/C17H15N3O2/c1-12-16(22-11-19-12)17(21)20-15-4-2-13(3-5-15)10-14-6-8-18-9-7-14/h2-9,11H,10H2,1H3,(H,20,21). The molecule has 2 heterocycles. The number of aromatic nitrogens is 2. The molecular weight excluding hydrogens is 278 g/mol. The number of carbonyl (C=O) groups excluding carboxylic acids is 1. The molecule has 0 saturated carbocycles. The second-order valence-electron chi connectivity index (χ2n) is 4.95. The summed E-state index contributed by atoms with van der Waals surface area (Å²) < 4.78 is 5.07. The molecule has 0 aliphatic rings. The van der Waals surface area contributed by atoms with E-state index in [1.54, 1.807) is 19.3 Å². The van der Waals surface area contributed by atoms with Crippen LogP contribution in [-0.2, 0) is 6.42 Å². The van der Waals surface area contributed by atoms with Gasteiger partial charge in [0.15, 0.2) is 6.39 Å². The van der Waals surface area contributed by atoms with E-state index in [9.17, 15) is 4.79 Å². The van der Waals surface area contributed by atoms with Gasteiger partial charge >= 0.3 is 0 Å². The van der Waals surface area contributed by atoms with Crippen LogP contribution in [0.1, 0.15) is 27.4 Å². The highest BCUT2D eigenvalue weighted by Crippen LogP contribution is 2.15. The van der Waals surface area contributed by atoms with E-state index in [-0.39, 0.29) is 11.7 Å². The third-order valence-corrected chi connectivity index (χ3v) is 3.32. The fourth-order valence-corrected chi connectivity index (χ4v) is 2.15. The lowest BCUT2D eigenvalue weighted by Crippen LogP contribution is -2.12. The monoisotopic (exact) mass is 293 g/mol. The molecule has 1 N–H and O–H groups in total. The smallest absolute Gasteiger partial charge is 0.293 e. The van der Waals surface area contributed by atoms with Gasteiger partial charge in [-0.25, -0.2) is 4.98 Å². The molecule has 5 nitrogen and oxygen atoms in total. The molecule has 0 aliphatic heterocycles. The highest BCUT2D eigenvalue weighted by molar-refractivity contribution is 6.02. The molecule has 2 aromatic heterocycles. The number of nitrogens with zero attached hydrogens (tertiary/aromatic N) is 2. The molecule has 1 amide bonds. The average Bonchev–Trinajstić information content (AvgIpc) is 2.96. The van der Waals surface area contributed by atoms with Gasteiger partial charge in [-0.1, -0.05) is 12.1 Å². The highest BCUT2D eigenvalue weighted by Gasteiger charge is 2.13. The van der Waals surface area contributed by atoms with Gasteiger partial charge in [0.1, 0.15) is 0 Å². The molecule has 3 aromatic rings. The van der Waals surface area contributed by atoms with E-state index in [1.807, 2.05) is 36.4 Å². The number of nitrogens with one attached hydrogen (secondary N) is 1. The first-order valence-corrected chi connectivity index (χ1v) is 6.91. The number of hydrogen-bond donors (Lipinski definition) is 1. The molecule has 0 saturated heterocycles. The number of carbonyl (C=O) groups is 1. The normalized spacial score (nSPS) is 10.4. The minimum atomic E-state index is -0.295. The summed E-state index contributed by atoms with van der Waals surface area (Å²) in [5, 5.41) is 2.79. The summed E-state index contributed by atoms with van der Waals surface area (Å²) in [4.78, 5) is 19.9. The number of anilines is 1. The van der Waals surface area contributed by atoms with Crippen molar-refractivity contribution in [1.82, 2.24) is 9.97 Å². The molecule has 0 bridgehead atoms. The van der Waals surface area contributed by atoms with Crippen LogP contribution in [0.25, 0.3) is 0 Å². The van der Waals surface area contributed by atoms with Crippen molar-refractivity contribution in [2.75, 3.05) is 5.32 Å². The summed E-state index contributed by atoms with van der Waals surface area (Å²) in [6, 6.07) is 11.7. The van der Waals surface area contributed by atoms with E-state index in [1.165, 1.54) is 17.5 Å². The molecule has 3 rings (SSSR count). The molecule has 0 aliphatic carbocycles. The van der Waals surface area contributed by atoms with Crippen molar-refractivity contribution in [1.29, 1.82) is 0 Å². The van der Waals surface area contributed by atoms with Gasteiger partial charge in [-0.3, -0.25) is 9.78 Å². The van der Waals surface area contributed by atoms with Gasteiger partial charge < -0.3 is 9.73 Å². The quantitative estimate of drug-likeness (QED) is 0.802. The van der Waals surface area contributed by atoms with Crippen LogP contribution in [-0.4, -0.2) is 15.9 Å². The SMILES string of the molecule is Cc1ncoc1C(=O)Nc1ccc(Cc2ccncc2)cc1. The van der Waals surface area contributed by atoms with Crippen molar-refractivity contribution in [3.63, 3.8) is 0 Å². The summed E-state index contributed by atoms with van der Waals surface area (Å²) >= 11 is 0. The topological polar surface area (TPSA) is 68.0 Å². The molecule has 0 spiro atoms. The van der Waals surface area contributed by atoms with Crippen LogP contribution in [0.2, 0.25) is 0 Å². The lowest BCUT2D eigenvalue weighted by molar-refractivity contribution is 0.0996. The Balaban J connectivity index is 1.67. The second kappa shape index (κ2) is 6.22. The number of rotatable bonds is 4. The van der Waals surface area contributed by atoms with Crippen LogP contribution in [0, 0.1) is 6.92 Å². The zero-order chi connectivity index (χ0) is 15.4. The Labute approximate surface area is 128 Å². The van der Waals surface area contributed by atoms with Gasteiger partial charge in [0.05, 0.1) is 5.69 Å². The molecular formula is C17H15N3O2. The van der Waals surface area contributed by atoms with Crippen LogP contribution in [0.4, 0.5) is 5.69 Å². The van der Waals surface area contributed by atoms with Gasteiger partial charge in [-0.2, -0.15) is 0 Å². The van der Waals surface area contributed by atoms with Gasteiger partial charge in [-0.15, -0.1) is 0 Å². The fraction of sp³-hybridized carbons (Fsp3) is 0.118. The van der Waals surface area contributed by atoms with Crippen LogP contribution >= 0.6 is 0 Å². The fourth-order valence-electron chi connectivity index (χ4n) is 2.15. The number of amides is 1. The van der Waals surface area contributed by atoms with Crippen LogP contribution < -0.4 is 5.32 Å². The minimum absolute atomic E-state index is 0.237. The summed E-state index contributed by atoms with van der Waals surface area (Å²) in [7, 11) is 0. The highest BCUT2D eigenvalue weighted by atomic mass is 16.3. The number of benzene rings is 1. The second-order valence-corrected chi connectivity index (χ2v) is 4.95. The molecule has 5 heteroatoms. The lowest BCUT2D eigenvalue weighted by atomic mass is 10.1. The summed E-state index contributed by atoms with van der Waals surface area (Å²) in [5.41, 5.74) is 3.66. The van der Waals surface area contributed by atoms with Crippen LogP contribution in [0.3, 0.4) is 0 Å². The zero-order valence-electron chi connectivity index (χ0n) is 12.1. The van der Waals surface area contributed by atoms with E-state index >= 15 is 0 Å².